The number of hydrogen-bond acceptors (Lipinski definition) is 3. The van der Waals surface area contributed by atoms with E-state index in [4.69, 9.17) is 0 Å². The Morgan fingerprint density at radius 1 is 1.18 bits per heavy atom. The molecule has 0 saturated heterocycles. The van der Waals surface area contributed by atoms with Crippen LogP contribution in [0.3, 0.4) is 0 Å². The zero-order chi connectivity index (χ0) is 21.5. The van der Waals surface area contributed by atoms with Gasteiger partial charge in [0.15, 0.2) is 0 Å². The molecule has 8 heteroatoms. The van der Waals surface area contributed by atoms with Gasteiger partial charge in [0, 0.05) is 17.0 Å². The highest BCUT2D eigenvalue weighted by molar-refractivity contribution is 7.70. The van der Waals surface area contributed by atoms with Gasteiger partial charge in [-0.25, -0.2) is 4.99 Å². The molecule has 0 aliphatic rings. The van der Waals surface area contributed by atoms with Crippen LogP contribution in [0.1, 0.15) is 40.5 Å². The van der Waals surface area contributed by atoms with Crippen molar-refractivity contribution in [3.05, 3.63) is 35.9 Å². The number of hydrogen-bond donors (Lipinski definition) is 2. The van der Waals surface area contributed by atoms with Gasteiger partial charge in [0.05, 0.1) is 5.57 Å². The second-order valence-electron chi connectivity index (χ2n) is 7.05. The van der Waals surface area contributed by atoms with Gasteiger partial charge in [0.25, 0.3) is 0 Å². The highest BCUT2D eigenvalue weighted by atomic mass is 31.2. The molecule has 1 unspecified atom stereocenters. The molecule has 1 atom stereocenters. The Labute approximate surface area is 166 Å². The molecule has 0 aliphatic heterocycles. The van der Waals surface area contributed by atoms with Crippen LogP contribution in [0.15, 0.2) is 40.9 Å². The normalized spacial score (nSPS) is 14.9. The number of halogens is 3. The number of rotatable bonds is 8. The van der Waals surface area contributed by atoms with Crippen molar-refractivity contribution in [3.8, 4) is 0 Å². The highest BCUT2D eigenvalue weighted by Crippen LogP contribution is 2.34. The summed E-state index contributed by atoms with van der Waals surface area (Å²) < 4.78 is 52.4. The number of nitrogens with one attached hydrogen (secondary N) is 2. The molecule has 1 rings (SSSR count). The summed E-state index contributed by atoms with van der Waals surface area (Å²) in [6, 6.07) is 6.95. The van der Waals surface area contributed by atoms with Crippen molar-refractivity contribution in [3.63, 3.8) is 0 Å². The zero-order valence-electron chi connectivity index (χ0n) is 17.4. The minimum atomic E-state index is -4.49. The van der Waals surface area contributed by atoms with Crippen molar-refractivity contribution < 1.29 is 17.7 Å². The number of benzene rings is 1. The van der Waals surface area contributed by atoms with E-state index in [2.05, 4.69) is 15.6 Å². The molecule has 0 heterocycles. The minimum absolute atomic E-state index is 0.0919. The molecular formula is C20H31F3N3OP. The topological polar surface area (TPSA) is 53.5 Å². The van der Waals surface area contributed by atoms with Gasteiger partial charge >= 0.3 is 6.18 Å². The molecule has 158 valence electrons. The predicted octanol–water partition coefficient (Wildman–Crippen LogP) is 5.38. The maximum Gasteiger partial charge on any atom is 0.419 e. The van der Waals surface area contributed by atoms with Gasteiger partial charge in [-0.05, 0) is 64.3 Å². The van der Waals surface area contributed by atoms with Gasteiger partial charge < -0.3 is 15.2 Å². The van der Waals surface area contributed by atoms with E-state index in [0.717, 1.165) is 11.4 Å². The van der Waals surface area contributed by atoms with E-state index in [1.165, 1.54) is 6.92 Å². The van der Waals surface area contributed by atoms with Gasteiger partial charge in [0.2, 0.25) is 0 Å². The fraction of sp³-hybridized carbons (Fsp3) is 0.550. The first-order valence-corrected chi connectivity index (χ1v) is 12.0. The fourth-order valence-corrected chi connectivity index (χ4v) is 3.56. The van der Waals surface area contributed by atoms with E-state index in [1.54, 1.807) is 44.5 Å². The molecule has 4 nitrogen and oxygen atoms in total. The fourth-order valence-electron chi connectivity index (χ4n) is 2.69. The second-order valence-corrected chi connectivity index (χ2v) is 10.3. The number of nitrogens with zero attached hydrogens (tertiary/aromatic N) is 1. The third-order valence-electron chi connectivity index (χ3n) is 4.36. The molecule has 0 saturated carbocycles. The molecule has 0 amide bonds. The van der Waals surface area contributed by atoms with Crippen molar-refractivity contribution in [2.24, 2.45) is 4.99 Å². The van der Waals surface area contributed by atoms with E-state index in [9.17, 15) is 17.7 Å². The summed E-state index contributed by atoms with van der Waals surface area (Å²) in [5, 5.41) is 6.77. The van der Waals surface area contributed by atoms with Gasteiger partial charge in [-0.3, -0.25) is 0 Å². The summed E-state index contributed by atoms with van der Waals surface area (Å²) in [5.41, 5.74) is -0.0781. The molecule has 0 aromatic heterocycles. The molecule has 0 radical (unpaired) electrons. The van der Waals surface area contributed by atoms with E-state index in [-0.39, 0.29) is 11.9 Å². The number of allylic oxidation sites excluding steroid dienone is 1. The zero-order valence-corrected chi connectivity index (χ0v) is 18.3. The molecule has 0 fully saturated rings. The summed E-state index contributed by atoms with van der Waals surface area (Å²) in [6.07, 6.45) is -2.65. The first-order valence-electron chi connectivity index (χ1n) is 9.42. The summed E-state index contributed by atoms with van der Waals surface area (Å²) in [5.74, 6) is -0.160. The molecule has 2 N–H and O–H groups in total. The molecular weight excluding hydrogens is 386 g/mol. The predicted molar refractivity (Wildman–Crippen MR) is 113 cm³/mol. The second kappa shape index (κ2) is 10.1. The lowest BCUT2D eigenvalue weighted by Gasteiger charge is -2.23. The summed E-state index contributed by atoms with van der Waals surface area (Å²) in [4.78, 5) is 4.27. The molecule has 0 bridgehead atoms. The Bertz CT molecular complexity index is 732. The van der Waals surface area contributed by atoms with E-state index < -0.39 is 25.1 Å². The number of alkyl halides is 3. The third-order valence-corrected chi connectivity index (χ3v) is 5.90. The van der Waals surface area contributed by atoms with Crippen LogP contribution in [-0.2, 0) is 4.57 Å². The van der Waals surface area contributed by atoms with Crippen LogP contribution in [0.5, 0.6) is 0 Å². The van der Waals surface area contributed by atoms with E-state index >= 15 is 0 Å². The summed E-state index contributed by atoms with van der Waals surface area (Å²) in [6.45, 7) is 10.3. The number of anilines is 1. The lowest BCUT2D eigenvalue weighted by molar-refractivity contribution is -0.0865. The first-order chi connectivity index (χ1) is 12.9. The molecule has 0 aliphatic carbocycles. The molecule has 1 aromatic rings. The minimum Gasteiger partial charge on any atom is -0.367 e. The largest absolute Gasteiger partial charge is 0.419 e. The highest BCUT2D eigenvalue weighted by Gasteiger charge is 2.37. The van der Waals surface area contributed by atoms with Gasteiger partial charge in [-0.1, -0.05) is 19.9 Å². The van der Waals surface area contributed by atoms with Crippen molar-refractivity contribution in [2.75, 3.05) is 18.6 Å². The molecule has 0 spiro atoms. The van der Waals surface area contributed by atoms with Crippen LogP contribution < -0.4 is 15.9 Å². The molecule has 28 heavy (non-hydrogen) atoms. The number of amidine groups is 1. The Kier molecular flexibility index (Phi) is 8.80. The monoisotopic (exact) mass is 417 g/mol. The van der Waals surface area contributed by atoms with Crippen LogP contribution in [0.4, 0.5) is 18.9 Å². The summed E-state index contributed by atoms with van der Waals surface area (Å²) >= 11 is 0. The Morgan fingerprint density at radius 2 is 1.71 bits per heavy atom. The Hall–Kier alpha value is -1.75. The smallest absolute Gasteiger partial charge is 0.367 e. The van der Waals surface area contributed by atoms with E-state index in [1.807, 2.05) is 13.8 Å². The van der Waals surface area contributed by atoms with Crippen LogP contribution >= 0.6 is 7.14 Å². The maximum atomic E-state index is 13.4. The number of aliphatic imine (C=N–C) groups is 1. The standard InChI is InChI=1S/C20H31F3N3OP/c1-7-15(8-2)26-19(18(9-3)20(21,22)23)25-14(4)24-16-10-12-17(13-11-16)28(5,6)27/h9-15,24H,7-8H2,1-6H3,(H,25,26)/b18-9+. The SMILES string of the molecule is C/C=C(\C(=N/C(C)Nc1ccc(P(C)(C)=O)cc1)NC(CC)CC)C(F)(F)F. The van der Waals surface area contributed by atoms with E-state index in [0.29, 0.717) is 18.5 Å². The van der Waals surface area contributed by atoms with Gasteiger partial charge in [-0.2, -0.15) is 13.2 Å². The van der Waals surface area contributed by atoms with Crippen molar-refractivity contribution >= 4 is 24.0 Å². The average Bonchev–Trinajstić information content (AvgIpc) is 2.58. The lowest BCUT2D eigenvalue weighted by Crippen LogP contribution is -2.39. The third kappa shape index (κ3) is 7.34. The van der Waals surface area contributed by atoms with Gasteiger partial charge in [0.1, 0.15) is 19.1 Å². The summed E-state index contributed by atoms with van der Waals surface area (Å²) in [7, 11) is -2.35. The Balaban J connectivity index is 3.10. The Morgan fingerprint density at radius 3 is 2.11 bits per heavy atom. The van der Waals surface area contributed by atoms with Crippen molar-refractivity contribution in [2.45, 2.75) is 58.9 Å². The van der Waals surface area contributed by atoms with Crippen LogP contribution in [-0.4, -0.2) is 37.5 Å². The lowest BCUT2D eigenvalue weighted by atomic mass is 10.1. The van der Waals surface area contributed by atoms with Crippen LogP contribution in [0.2, 0.25) is 0 Å². The van der Waals surface area contributed by atoms with Crippen molar-refractivity contribution in [1.82, 2.24) is 5.32 Å². The van der Waals surface area contributed by atoms with Crippen molar-refractivity contribution in [1.29, 1.82) is 0 Å². The maximum absolute atomic E-state index is 13.4. The van der Waals surface area contributed by atoms with Gasteiger partial charge in [-0.15, -0.1) is 0 Å². The van der Waals surface area contributed by atoms with Crippen LogP contribution in [0, 0.1) is 0 Å². The first kappa shape index (κ1) is 24.3. The average molecular weight is 417 g/mol. The molecule has 1 aromatic carbocycles. The van der Waals surface area contributed by atoms with Crippen LogP contribution in [0.25, 0.3) is 0 Å². The quantitative estimate of drug-likeness (QED) is 0.339.